The molecule has 23 heavy (non-hydrogen) atoms. The van der Waals surface area contributed by atoms with Crippen molar-refractivity contribution in [2.45, 2.75) is 79.3 Å². The largest absolute Gasteiger partial charge is 0.468 e. The molecule has 0 spiro atoms. The monoisotopic (exact) mass is 347 g/mol. The molecule has 2 nitrogen and oxygen atoms in total. The molecule has 0 fully saturated rings. The van der Waals surface area contributed by atoms with E-state index in [1.54, 1.807) is 0 Å². The summed E-state index contributed by atoms with van der Waals surface area (Å²) in [5.41, 5.74) is 6.04. The Morgan fingerprint density at radius 3 is 2.13 bits per heavy atom. The molecule has 0 atom stereocenters. The van der Waals surface area contributed by atoms with Crippen LogP contribution in [0.3, 0.4) is 0 Å². The third kappa shape index (κ3) is 7.11. The smallest absolute Gasteiger partial charge is 0.251 e. The first kappa shape index (κ1) is 20.3. The molecule has 1 rings (SSSR count). The first-order valence-corrected chi connectivity index (χ1v) is 12.2. The van der Waals surface area contributed by atoms with Gasteiger partial charge in [-0.05, 0) is 44.3 Å². The van der Waals surface area contributed by atoms with E-state index in [0.29, 0.717) is 0 Å². The second kappa shape index (κ2) is 7.42. The zero-order valence-electron chi connectivity index (χ0n) is 16.0. The molecular weight excluding hydrogens is 316 g/mol. The van der Waals surface area contributed by atoms with Crippen LogP contribution in [-0.4, -0.2) is 24.3 Å². The van der Waals surface area contributed by atoms with Crippen molar-refractivity contribution < 1.29 is 9.16 Å². The highest BCUT2D eigenvalue weighted by Gasteiger charge is 2.30. The summed E-state index contributed by atoms with van der Waals surface area (Å²) < 4.78 is 11.5. The Hall–Kier alpha value is -0.766. The van der Waals surface area contributed by atoms with Gasteiger partial charge in [0.15, 0.2) is 5.79 Å². The lowest BCUT2D eigenvalue weighted by molar-refractivity contribution is -0.136. The fourth-order valence-corrected chi connectivity index (χ4v) is 2.92. The lowest BCUT2D eigenvalue weighted by atomic mass is 9.85. The van der Waals surface area contributed by atoms with Gasteiger partial charge in [-0.1, -0.05) is 52.4 Å². The van der Waals surface area contributed by atoms with Gasteiger partial charge in [0.25, 0.3) is 10.5 Å². The Balaban J connectivity index is 3.04. The summed E-state index contributed by atoms with van der Waals surface area (Å²) in [6.07, 6.45) is 5.20. The highest BCUT2D eigenvalue weighted by atomic mass is 28.3. The van der Waals surface area contributed by atoms with Gasteiger partial charge in [-0.25, -0.2) is 0 Å². The minimum atomic E-state index is -1.31. The van der Waals surface area contributed by atoms with E-state index in [2.05, 4.69) is 68.4 Å². The second-order valence-electron chi connectivity index (χ2n) is 8.72. The van der Waals surface area contributed by atoms with E-state index in [4.69, 9.17) is 9.16 Å². The molecule has 127 valence electrons. The van der Waals surface area contributed by atoms with Crippen molar-refractivity contribution in [2.75, 3.05) is 0 Å². The summed E-state index contributed by atoms with van der Waals surface area (Å²) in [4.78, 5) is 0. The maximum Gasteiger partial charge on any atom is 0.251 e. The molecule has 0 aromatic heterocycles. The first-order chi connectivity index (χ1) is 10.3. The molecule has 4 heteroatoms. The van der Waals surface area contributed by atoms with Crippen LogP contribution in [0.4, 0.5) is 0 Å². The van der Waals surface area contributed by atoms with Crippen molar-refractivity contribution in [3.8, 4) is 11.5 Å². The predicted octanol–water partition coefficient (Wildman–Crippen LogP) is 5.13. The molecule has 0 saturated carbocycles. The van der Waals surface area contributed by atoms with Gasteiger partial charge < -0.3 is 9.16 Å². The van der Waals surface area contributed by atoms with E-state index in [9.17, 15) is 0 Å². The Morgan fingerprint density at radius 1 is 1.13 bits per heavy atom. The summed E-state index contributed by atoms with van der Waals surface area (Å²) in [7, 11) is 1.81. The van der Waals surface area contributed by atoms with Crippen molar-refractivity contribution in [2.24, 2.45) is 5.41 Å². The normalized spacial score (nSPS) is 18.7. The van der Waals surface area contributed by atoms with E-state index in [1.807, 2.05) is 13.8 Å². The van der Waals surface area contributed by atoms with Gasteiger partial charge in [0, 0.05) is 5.41 Å². The van der Waals surface area contributed by atoms with Gasteiger partial charge in [-0.2, -0.15) is 0 Å². The maximum absolute atomic E-state index is 6.19. The highest BCUT2D eigenvalue weighted by Crippen LogP contribution is 2.37. The van der Waals surface area contributed by atoms with Gasteiger partial charge in [-0.3, -0.25) is 0 Å². The van der Waals surface area contributed by atoms with Crippen LogP contribution in [0.25, 0.3) is 0 Å². The molecule has 0 N–H and O–H groups in total. The quantitative estimate of drug-likeness (QED) is 0.305. The van der Waals surface area contributed by atoms with E-state index in [-0.39, 0.29) is 5.41 Å². The summed E-state index contributed by atoms with van der Waals surface area (Å²) in [6.45, 7) is 17.2. The van der Waals surface area contributed by atoms with Crippen molar-refractivity contribution in [1.82, 2.24) is 0 Å². The van der Waals surface area contributed by atoms with Gasteiger partial charge >= 0.3 is 0 Å². The van der Waals surface area contributed by atoms with Crippen molar-refractivity contribution in [3.63, 3.8) is 0 Å². The highest BCUT2D eigenvalue weighted by molar-refractivity contribution is 6.83. The molecule has 0 amide bonds. The third-order valence-electron chi connectivity index (χ3n) is 3.48. The van der Waals surface area contributed by atoms with Crippen LogP contribution in [0.2, 0.25) is 19.6 Å². The van der Waals surface area contributed by atoms with Crippen LogP contribution >= 0.6 is 0 Å². The minimum Gasteiger partial charge on any atom is -0.468 e. The summed E-state index contributed by atoms with van der Waals surface area (Å²) in [5.74, 6) is 3.75. The standard InChI is InChI=1S/C19H31O2Si2/c1-18(2,3)17(20-19(4,5)21-22)16-11-9-15(10-12-16)13-14-23(6,7)8/h9H,10-12H2,1-8H3/b17-16+. The van der Waals surface area contributed by atoms with Crippen LogP contribution in [0.5, 0.6) is 0 Å². The molecule has 3 radical (unpaired) electrons. The lowest BCUT2D eigenvalue weighted by Gasteiger charge is -2.35. The van der Waals surface area contributed by atoms with Crippen LogP contribution in [0, 0.1) is 16.9 Å². The summed E-state index contributed by atoms with van der Waals surface area (Å²) in [6, 6.07) is 0. The van der Waals surface area contributed by atoms with Gasteiger partial charge in [-0.15, -0.1) is 5.54 Å². The zero-order chi connectivity index (χ0) is 17.9. The number of rotatable bonds is 3. The van der Waals surface area contributed by atoms with Crippen LogP contribution in [-0.2, 0) is 9.16 Å². The van der Waals surface area contributed by atoms with Gasteiger partial charge in [0.1, 0.15) is 13.8 Å². The summed E-state index contributed by atoms with van der Waals surface area (Å²) in [5, 5.41) is 0. The molecule has 0 heterocycles. The Kier molecular flexibility index (Phi) is 6.54. The Morgan fingerprint density at radius 2 is 1.74 bits per heavy atom. The fraction of sp³-hybridized carbons (Fsp3) is 0.684. The van der Waals surface area contributed by atoms with Crippen molar-refractivity contribution >= 4 is 18.6 Å². The molecule has 1 aliphatic carbocycles. The number of ether oxygens (including phenoxy) is 1. The van der Waals surface area contributed by atoms with Crippen molar-refractivity contribution in [3.05, 3.63) is 23.0 Å². The molecular formula is C19H31O2Si2. The second-order valence-corrected chi connectivity index (χ2v) is 13.7. The number of allylic oxidation sites excluding steroid dienone is 4. The predicted molar refractivity (Wildman–Crippen MR) is 102 cm³/mol. The van der Waals surface area contributed by atoms with E-state index >= 15 is 0 Å². The molecule has 0 aromatic rings. The molecule has 0 bridgehead atoms. The lowest BCUT2D eigenvalue weighted by Crippen LogP contribution is -2.31. The topological polar surface area (TPSA) is 18.5 Å². The molecule has 1 aliphatic rings. The van der Waals surface area contributed by atoms with E-state index < -0.39 is 13.9 Å². The zero-order valence-corrected chi connectivity index (χ0v) is 18.0. The van der Waals surface area contributed by atoms with Crippen molar-refractivity contribution in [1.29, 1.82) is 0 Å². The van der Waals surface area contributed by atoms with E-state index in [0.717, 1.165) is 25.0 Å². The van der Waals surface area contributed by atoms with Gasteiger partial charge in [0.2, 0.25) is 0 Å². The first-order valence-electron chi connectivity index (χ1n) is 8.32. The minimum absolute atomic E-state index is 0.0489. The number of hydrogen-bond acceptors (Lipinski definition) is 2. The average Bonchev–Trinajstić information content (AvgIpc) is 2.41. The summed E-state index contributed by atoms with van der Waals surface area (Å²) >= 11 is 0. The fourth-order valence-electron chi connectivity index (χ4n) is 2.35. The average molecular weight is 348 g/mol. The SMILES string of the molecule is CC(C)(O[Si])O/C(=C1\CC=C(C#C[Si](C)(C)C)CC1)C(C)(C)C. The molecule has 0 aromatic carbocycles. The third-order valence-corrected chi connectivity index (χ3v) is 4.85. The molecule has 0 unspecified atom stereocenters. The Labute approximate surface area is 147 Å². The van der Waals surface area contributed by atoms with Crippen LogP contribution in [0.1, 0.15) is 53.9 Å². The van der Waals surface area contributed by atoms with Crippen LogP contribution < -0.4 is 0 Å². The maximum atomic E-state index is 6.19. The van der Waals surface area contributed by atoms with Crippen LogP contribution in [0.15, 0.2) is 23.0 Å². The Bertz CT molecular complexity index is 547. The van der Waals surface area contributed by atoms with Gasteiger partial charge in [0.05, 0.1) is 0 Å². The number of hydrogen-bond donors (Lipinski definition) is 0. The molecule has 0 saturated heterocycles. The van der Waals surface area contributed by atoms with E-state index in [1.165, 1.54) is 11.1 Å². The molecule has 0 aliphatic heterocycles.